The summed E-state index contributed by atoms with van der Waals surface area (Å²) in [6, 6.07) is 5.49. The lowest BCUT2D eigenvalue weighted by molar-refractivity contribution is -0.117. The zero-order valence-corrected chi connectivity index (χ0v) is 12.5. The summed E-state index contributed by atoms with van der Waals surface area (Å²) in [5.41, 5.74) is 2.39. The smallest absolute Gasteiger partial charge is 0.238 e. The average Bonchev–Trinajstić information content (AvgIpc) is 2.43. The lowest BCUT2D eigenvalue weighted by atomic mass is 10.1. The van der Waals surface area contributed by atoms with Crippen LogP contribution in [0, 0.1) is 6.92 Å². The van der Waals surface area contributed by atoms with E-state index in [1.54, 1.807) is 6.07 Å². The molecule has 1 fully saturated rings. The standard InChI is InChI=1S/C15H22N4O2/c1-11-3-4-13(17-12(2)20)9-14(11)18-15(21)10-19-7-5-16-6-8-19/h3-4,9,16H,5-8,10H2,1-2H3,(H,17,20)(H,18,21). The Hall–Kier alpha value is -1.92. The number of amides is 2. The molecule has 2 rings (SSSR count). The van der Waals surface area contributed by atoms with Crippen molar-refractivity contribution in [2.45, 2.75) is 13.8 Å². The fourth-order valence-corrected chi connectivity index (χ4v) is 2.30. The lowest BCUT2D eigenvalue weighted by Crippen LogP contribution is -2.46. The van der Waals surface area contributed by atoms with E-state index in [0.717, 1.165) is 37.4 Å². The highest BCUT2D eigenvalue weighted by Gasteiger charge is 2.14. The lowest BCUT2D eigenvalue weighted by Gasteiger charge is -2.26. The molecule has 1 aromatic carbocycles. The number of hydrogen-bond donors (Lipinski definition) is 3. The summed E-state index contributed by atoms with van der Waals surface area (Å²) >= 11 is 0. The number of benzene rings is 1. The van der Waals surface area contributed by atoms with Crippen molar-refractivity contribution in [1.82, 2.24) is 10.2 Å². The molecule has 21 heavy (non-hydrogen) atoms. The minimum atomic E-state index is -0.128. The van der Waals surface area contributed by atoms with Crippen LogP contribution in [0.3, 0.4) is 0 Å². The zero-order valence-electron chi connectivity index (χ0n) is 12.5. The van der Waals surface area contributed by atoms with Gasteiger partial charge in [0.15, 0.2) is 0 Å². The molecule has 1 heterocycles. The first kappa shape index (κ1) is 15.5. The number of carbonyl (C=O) groups is 2. The summed E-state index contributed by atoms with van der Waals surface area (Å²) in [5, 5.41) is 8.90. The summed E-state index contributed by atoms with van der Waals surface area (Å²) in [6.07, 6.45) is 0. The summed E-state index contributed by atoms with van der Waals surface area (Å²) in [5.74, 6) is -0.156. The molecule has 0 radical (unpaired) electrons. The van der Waals surface area contributed by atoms with Crippen LogP contribution in [0.5, 0.6) is 0 Å². The SMILES string of the molecule is CC(=O)Nc1ccc(C)c(NC(=O)CN2CCNCC2)c1. The molecule has 2 amide bonds. The molecule has 0 aromatic heterocycles. The van der Waals surface area contributed by atoms with Crippen molar-refractivity contribution >= 4 is 23.2 Å². The highest BCUT2D eigenvalue weighted by atomic mass is 16.2. The van der Waals surface area contributed by atoms with Gasteiger partial charge in [-0.1, -0.05) is 6.07 Å². The third-order valence-electron chi connectivity index (χ3n) is 3.41. The van der Waals surface area contributed by atoms with Crippen LogP contribution in [0.1, 0.15) is 12.5 Å². The van der Waals surface area contributed by atoms with E-state index in [0.29, 0.717) is 12.2 Å². The molecule has 1 aliphatic rings. The highest BCUT2D eigenvalue weighted by molar-refractivity contribution is 5.95. The fourth-order valence-electron chi connectivity index (χ4n) is 2.30. The number of rotatable bonds is 4. The van der Waals surface area contributed by atoms with Crippen molar-refractivity contribution in [2.24, 2.45) is 0 Å². The second-order valence-corrected chi connectivity index (χ2v) is 5.29. The third kappa shape index (κ3) is 4.84. The summed E-state index contributed by atoms with van der Waals surface area (Å²) in [4.78, 5) is 25.3. The van der Waals surface area contributed by atoms with Crippen LogP contribution in [0.4, 0.5) is 11.4 Å². The van der Waals surface area contributed by atoms with Crippen LogP contribution in [-0.2, 0) is 9.59 Å². The third-order valence-corrected chi connectivity index (χ3v) is 3.41. The zero-order chi connectivity index (χ0) is 15.2. The van der Waals surface area contributed by atoms with Crippen LogP contribution >= 0.6 is 0 Å². The maximum atomic E-state index is 12.1. The van der Waals surface area contributed by atoms with Crippen molar-refractivity contribution in [3.8, 4) is 0 Å². The molecular formula is C15H22N4O2. The highest BCUT2D eigenvalue weighted by Crippen LogP contribution is 2.20. The molecular weight excluding hydrogens is 268 g/mol. The second kappa shape index (κ2) is 7.19. The molecule has 0 atom stereocenters. The van der Waals surface area contributed by atoms with Crippen molar-refractivity contribution in [3.63, 3.8) is 0 Å². The van der Waals surface area contributed by atoms with E-state index in [1.807, 2.05) is 19.1 Å². The largest absolute Gasteiger partial charge is 0.326 e. The summed E-state index contributed by atoms with van der Waals surface area (Å²) in [6.45, 7) is 7.40. The first-order valence-electron chi connectivity index (χ1n) is 7.16. The van der Waals surface area contributed by atoms with E-state index in [1.165, 1.54) is 6.92 Å². The monoisotopic (exact) mass is 290 g/mol. The maximum absolute atomic E-state index is 12.1. The number of carbonyl (C=O) groups excluding carboxylic acids is 2. The van der Waals surface area contributed by atoms with Crippen LogP contribution in [0.2, 0.25) is 0 Å². The van der Waals surface area contributed by atoms with Gasteiger partial charge in [-0.2, -0.15) is 0 Å². The Bertz CT molecular complexity index is 524. The molecule has 1 aliphatic heterocycles. The van der Waals surface area contributed by atoms with Crippen molar-refractivity contribution in [3.05, 3.63) is 23.8 Å². The first-order valence-corrected chi connectivity index (χ1v) is 7.16. The van der Waals surface area contributed by atoms with Crippen LogP contribution in [0.25, 0.3) is 0 Å². The molecule has 3 N–H and O–H groups in total. The predicted molar refractivity (Wildman–Crippen MR) is 83.4 cm³/mol. The normalized spacial score (nSPS) is 15.5. The van der Waals surface area contributed by atoms with E-state index < -0.39 is 0 Å². The topological polar surface area (TPSA) is 73.5 Å². The number of nitrogens with zero attached hydrogens (tertiary/aromatic N) is 1. The van der Waals surface area contributed by atoms with Gasteiger partial charge < -0.3 is 16.0 Å². The molecule has 1 saturated heterocycles. The number of nitrogens with one attached hydrogen (secondary N) is 3. The number of anilines is 2. The molecule has 6 heteroatoms. The molecule has 6 nitrogen and oxygen atoms in total. The maximum Gasteiger partial charge on any atom is 0.238 e. The number of hydrogen-bond acceptors (Lipinski definition) is 4. The van der Waals surface area contributed by atoms with E-state index in [9.17, 15) is 9.59 Å². The summed E-state index contributed by atoms with van der Waals surface area (Å²) < 4.78 is 0. The van der Waals surface area contributed by atoms with Crippen LogP contribution < -0.4 is 16.0 Å². The van der Waals surface area contributed by atoms with Gasteiger partial charge in [-0.3, -0.25) is 14.5 Å². The van der Waals surface area contributed by atoms with Crippen LogP contribution in [0.15, 0.2) is 18.2 Å². The predicted octanol–water partition coefficient (Wildman–Crippen LogP) is 0.797. The van der Waals surface area contributed by atoms with E-state index in [2.05, 4.69) is 20.9 Å². The first-order chi connectivity index (χ1) is 10.0. The van der Waals surface area contributed by atoms with Crippen molar-refractivity contribution in [2.75, 3.05) is 43.4 Å². The molecule has 0 spiro atoms. The number of aryl methyl sites for hydroxylation is 1. The minimum Gasteiger partial charge on any atom is -0.326 e. The Morgan fingerprint density at radius 3 is 2.62 bits per heavy atom. The van der Waals surface area contributed by atoms with Crippen molar-refractivity contribution in [1.29, 1.82) is 0 Å². The van der Waals surface area contributed by atoms with Crippen LogP contribution in [-0.4, -0.2) is 49.4 Å². The van der Waals surface area contributed by atoms with Gasteiger partial charge in [-0.25, -0.2) is 0 Å². The molecule has 0 aliphatic carbocycles. The molecule has 0 saturated carbocycles. The Labute approximate surface area is 124 Å². The van der Waals surface area contributed by atoms with Gasteiger partial charge in [0.1, 0.15) is 0 Å². The van der Waals surface area contributed by atoms with Crippen molar-refractivity contribution < 1.29 is 9.59 Å². The second-order valence-electron chi connectivity index (χ2n) is 5.29. The van der Waals surface area contributed by atoms with Gasteiger partial charge >= 0.3 is 0 Å². The Morgan fingerprint density at radius 1 is 1.24 bits per heavy atom. The van der Waals surface area contributed by atoms with Gasteiger partial charge in [0.25, 0.3) is 0 Å². The molecule has 1 aromatic rings. The summed E-state index contributed by atoms with van der Waals surface area (Å²) in [7, 11) is 0. The minimum absolute atomic E-state index is 0.0278. The van der Waals surface area contributed by atoms with Gasteiger partial charge in [0, 0.05) is 44.5 Å². The Balaban J connectivity index is 1.97. The van der Waals surface area contributed by atoms with E-state index in [-0.39, 0.29) is 11.8 Å². The average molecular weight is 290 g/mol. The molecule has 0 unspecified atom stereocenters. The van der Waals surface area contributed by atoms with E-state index >= 15 is 0 Å². The quantitative estimate of drug-likeness (QED) is 0.767. The molecule has 0 bridgehead atoms. The van der Waals surface area contributed by atoms with Gasteiger partial charge in [-0.15, -0.1) is 0 Å². The van der Waals surface area contributed by atoms with E-state index in [4.69, 9.17) is 0 Å². The number of piperazine rings is 1. The Morgan fingerprint density at radius 2 is 1.95 bits per heavy atom. The van der Waals surface area contributed by atoms with Gasteiger partial charge in [-0.05, 0) is 24.6 Å². The van der Waals surface area contributed by atoms with Gasteiger partial charge in [0.2, 0.25) is 11.8 Å². The fraction of sp³-hybridized carbons (Fsp3) is 0.467. The molecule has 114 valence electrons. The van der Waals surface area contributed by atoms with Gasteiger partial charge in [0.05, 0.1) is 6.54 Å². The Kier molecular flexibility index (Phi) is 5.30.